The van der Waals surface area contributed by atoms with Crippen molar-refractivity contribution in [1.82, 2.24) is 16.0 Å². The minimum absolute atomic E-state index is 0.319. The fourth-order valence-corrected chi connectivity index (χ4v) is 6.12. The highest BCUT2D eigenvalue weighted by Gasteiger charge is 2.25. The molecule has 0 saturated carbocycles. The lowest BCUT2D eigenvalue weighted by molar-refractivity contribution is -0.139. The standard InChI is InChI=1S/C31H36N4O4S2/c1-21(2)22-9-12-26(13-10-22)41(39)35(19-24-18-32-20-33-24)25-11-14-27(28(17-25)23-7-5-4-6-8-23)30(36)34-29(31(37)38)15-16-40-3/h4-14,17-18,21,29,32-33H,15-16,19-20H2,1-3H3,(H,34,36)(H,37,38)/t29-,41?/m0/s1. The molecule has 1 unspecified atom stereocenters. The highest BCUT2D eigenvalue weighted by Crippen LogP contribution is 2.31. The largest absolute Gasteiger partial charge is 0.480 e. The number of nitrogens with zero attached hydrogens (tertiary/aromatic N) is 1. The number of benzene rings is 3. The zero-order valence-corrected chi connectivity index (χ0v) is 25.1. The Morgan fingerprint density at radius 1 is 1.07 bits per heavy atom. The van der Waals surface area contributed by atoms with E-state index in [4.69, 9.17) is 0 Å². The minimum atomic E-state index is -1.55. The molecule has 4 rings (SSSR count). The number of carboxylic acids is 1. The van der Waals surface area contributed by atoms with Gasteiger partial charge in [-0.15, -0.1) is 0 Å². The Hall–Kier alpha value is -3.76. The van der Waals surface area contributed by atoms with E-state index in [1.165, 1.54) is 17.3 Å². The van der Waals surface area contributed by atoms with Crippen LogP contribution in [0.3, 0.4) is 0 Å². The third-order valence-electron chi connectivity index (χ3n) is 6.79. The molecule has 4 N–H and O–H groups in total. The van der Waals surface area contributed by atoms with Crippen molar-refractivity contribution in [3.05, 3.63) is 95.8 Å². The van der Waals surface area contributed by atoms with Crippen LogP contribution in [-0.2, 0) is 15.8 Å². The van der Waals surface area contributed by atoms with Crippen LogP contribution in [0.15, 0.2) is 89.6 Å². The second-order valence-corrected chi connectivity index (χ2v) is 12.4. The fraction of sp³-hybridized carbons (Fsp3) is 0.290. The van der Waals surface area contributed by atoms with Crippen molar-refractivity contribution >= 4 is 40.3 Å². The molecule has 0 spiro atoms. The summed E-state index contributed by atoms with van der Waals surface area (Å²) < 4.78 is 15.8. The molecule has 0 fully saturated rings. The van der Waals surface area contributed by atoms with Crippen molar-refractivity contribution < 1.29 is 18.9 Å². The minimum Gasteiger partial charge on any atom is -0.480 e. The van der Waals surface area contributed by atoms with Gasteiger partial charge in [0.2, 0.25) is 0 Å². The van der Waals surface area contributed by atoms with Crippen LogP contribution in [0.5, 0.6) is 0 Å². The number of carbonyl (C=O) groups excluding carboxylic acids is 1. The van der Waals surface area contributed by atoms with Crippen molar-refractivity contribution in [3.63, 3.8) is 0 Å². The van der Waals surface area contributed by atoms with Crippen molar-refractivity contribution in [3.8, 4) is 11.1 Å². The second-order valence-electron chi connectivity index (χ2n) is 9.98. The maximum Gasteiger partial charge on any atom is 0.326 e. The first-order chi connectivity index (χ1) is 19.8. The molecular formula is C31H36N4O4S2. The quantitative estimate of drug-likeness (QED) is 0.223. The number of nitrogens with one attached hydrogen (secondary N) is 3. The Kier molecular flexibility index (Phi) is 10.5. The third kappa shape index (κ3) is 7.71. The predicted molar refractivity (Wildman–Crippen MR) is 167 cm³/mol. The van der Waals surface area contributed by atoms with E-state index in [0.29, 0.717) is 53.0 Å². The van der Waals surface area contributed by atoms with Crippen LogP contribution in [0.1, 0.15) is 42.1 Å². The van der Waals surface area contributed by atoms with Gasteiger partial charge >= 0.3 is 5.97 Å². The summed E-state index contributed by atoms with van der Waals surface area (Å²) in [6.07, 6.45) is 4.08. The molecule has 0 aromatic heterocycles. The van der Waals surface area contributed by atoms with Gasteiger partial charge in [0.15, 0.2) is 11.0 Å². The van der Waals surface area contributed by atoms with Crippen molar-refractivity contribution in [2.24, 2.45) is 0 Å². The van der Waals surface area contributed by atoms with Crippen LogP contribution in [-0.4, -0.2) is 52.5 Å². The average Bonchev–Trinajstić information content (AvgIpc) is 3.51. The first-order valence-corrected chi connectivity index (χ1v) is 16.0. The Morgan fingerprint density at radius 2 is 1.80 bits per heavy atom. The summed E-state index contributed by atoms with van der Waals surface area (Å²) in [6, 6.07) is 21.6. The van der Waals surface area contributed by atoms with Crippen molar-refractivity contribution in [2.75, 3.05) is 29.5 Å². The smallest absolute Gasteiger partial charge is 0.326 e. The maximum absolute atomic E-state index is 14.0. The molecule has 2 atom stereocenters. The van der Waals surface area contributed by atoms with Gasteiger partial charge in [0, 0.05) is 17.5 Å². The Bertz CT molecular complexity index is 1410. The van der Waals surface area contributed by atoms with Gasteiger partial charge in [-0.1, -0.05) is 56.3 Å². The predicted octanol–water partition coefficient (Wildman–Crippen LogP) is 4.93. The number of carbonyl (C=O) groups is 2. The third-order valence-corrected chi connectivity index (χ3v) is 8.85. The molecule has 10 heteroatoms. The first-order valence-electron chi connectivity index (χ1n) is 13.5. The summed E-state index contributed by atoms with van der Waals surface area (Å²) >= 11 is 1.53. The lowest BCUT2D eigenvalue weighted by atomic mass is 9.98. The Balaban J connectivity index is 1.74. The topological polar surface area (TPSA) is 111 Å². The van der Waals surface area contributed by atoms with Crippen LogP contribution in [0.25, 0.3) is 11.1 Å². The van der Waals surface area contributed by atoms with Crippen molar-refractivity contribution in [2.45, 2.75) is 37.1 Å². The molecule has 0 radical (unpaired) electrons. The number of rotatable bonds is 13. The molecule has 0 saturated heterocycles. The van der Waals surface area contributed by atoms with E-state index >= 15 is 0 Å². The van der Waals surface area contributed by atoms with E-state index in [2.05, 4.69) is 29.8 Å². The SMILES string of the molecule is CSCC[C@H](NC(=O)c1ccc(N(CC2=CNCN2)S(=O)c2ccc(C(C)C)cc2)cc1-c1ccccc1)C(=O)O. The number of anilines is 1. The molecule has 1 heterocycles. The van der Waals surface area contributed by atoms with E-state index in [0.717, 1.165) is 11.3 Å². The molecule has 3 aromatic carbocycles. The molecule has 3 aromatic rings. The molecular weight excluding hydrogens is 556 g/mol. The Morgan fingerprint density at radius 3 is 2.41 bits per heavy atom. The van der Waals surface area contributed by atoms with Gasteiger partial charge in [-0.3, -0.25) is 9.10 Å². The number of carboxylic acid groups (broad SMARTS) is 1. The monoisotopic (exact) mass is 592 g/mol. The van der Waals surface area contributed by atoms with E-state index < -0.39 is 28.9 Å². The second kappa shape index (κ2) is 14.2. The molecule has 41 heavy (non-hydrogen) atoms. The number of amides is 1. The van der Waals surface area contributed by atoms with Gasteiger partial charge in [-0.2, -0.15) is 11.8 Å². The first kappa shape index (κ1) is 30.2. The van der Waals surface area contributed by atoms with E-state index in [9.17, 15) is 18.9 Å². The van der Waals surface area contributed by atoms with Gasteiger partial charge in [0.25, 0.3) is 5.91 Å². The van der Waals surface area contributed by atoms with Gasteiger partial charge in [0.05, 0.1) is 23.8 Å². The summed E-state index contributed by atoms with van der Waals surface area (Å²) in [4.78, 5) is 25.9. The summed E-state index contributed by atoms with van der Waals surface area (Å²) in [5, 5.41) is 18.8. The fourth-order valence-electron chi connectivity index (χ4n) is 4.46. The summed E-state index contributed by atoms with van der Waals surface area (Å²) in [5.41, 5.74) is 4.49. The average molecular weight is 593 g/mol. The van der Waals surface area contributed by atoms with Crippen LogP contribution in [0, 0.1) is 0 Å². The number of thioether (sulfide) groups is 1. The van der Waals surface area contributed by atoms with E-state index in [1.54, 1.807) is 16.4 Å². The van der Waals surface area contributed by atoms with Crippen LogP contribution in [0.4, 0.5) is 5.69 Å². The number of hydrogen-bond donors (Lipinski definition) is 4. The maximum atomic E-state index is 14.0. The molecule has 1 amide bonds. The molecule has 1 aliphatic rings. The molecule has 216 valence electrons. The van der Waals surface area contributed by atoms with Crippen molar-refractivity contribution in [1.29, 1.82) is 0 Å². The van der Waals surface area contributed by atoms with E-state index in [-0.39, 0.29) is 0 Å². The lowest BCUT2D eigenvalue weighted by Crippen LogP contribution is -2.41. The van der Waals surface area contributed by atoms with Gasteiger partial charge in [-0.25, -0.2) is 9.00 Å². The zero-order valence-electron chi connectivity index (χ0n) is 23.4. The molecule has 1 aliphatic heterocycles. The van der Waals surface area contributed by atoms with Crippen LogP contribution in [0.2, 0.25) is 0 Å². The normalized spacial score (nSPS) is 14.0. The van der Waals surface area contributed by atoms with Gasteiger partial charge in [0.1, 0.15) is 6.04 Å². The highest BCUT2D eigenvalue weighted by atomic mass is 32.2. The number of aliphatic carboxylic acids is 1. The molecule has 8 nitrogen and oxygen atoms in total. The number of hydrogen-bond acceptors (Lipinski definition) is 6. The van der Waals surface area contributed by atoms with Crippen LogP contribution < -0.4 is 20.3 Å². The van der Waals surface area contributed by atoms with Crippen LogP contribution >= 0.6 is 11.8 Å². The molecule has 0 aliphatic carbocycles. The highest BCUT2D eigenvalue weighted by molar-refractivity contribution is 7.98. The van der Waals surface area contributed by atoms with Gasteiger partial charge < -0.3 is 21.1 Å². The summed E-state index contributed by atoms with van der Waals surface area (Å²) in [5.74, 6) is -0.563. The Labute approximate surface area is 248 Å². The van der Waals surface area contributed by atoms with Gasteiger partial charge in [-0.05, 0) is 71.4 Å². The molecule has 0 bridgehead atoms. The lowest BCUT2D eigenvalue weighted by Gasteiger charge is -2.26. The zero-order chi connectivity index (χ0) is 29.4. The van der Waals surface area contributed by atoms with E-state index in [1.807, 2.05) is 73.1 Å². The summed E-state index contributed by atoms with van der Waals surface area (Å²) in [7, 11) is -1.55. The summed E-state index contributed by atoms with van der Waals surface area (Å²) in [6.45, 7) is 5.18.